The van der Waals surface area contributed by atoms with Crippen LogP contribution in [0.25, 0.3) is 0 Å². The van der Waals surface area contributed by atoms with E-state index in [4.69, 9.17) is 4.74 Å². The number of benzene rings is 1. The van der Waals surface area contributed by atoms with E-state index >= 15 is 0 Å². The third-order valence-electron chi connectivity index (χ3n) is 2.98. The van der Waals surface area contributed by atoms with E-state index in [9.17, 15) is 9.90 Å². The molecule has 1 atom stereocenters. The van der Waals surface area contributed by atoms with Crippen LogP contribution in [0.3, 0.4) is 0 Å². The van der Waals surface area contributed by atoms with Crippen molar-refractivity contribution in [2.24, 2.45) is 0 Å². The van der Waals surface area contributed by atoms with Crippen molar-refractivity contribution in [2.75, 3.05) is 26.7 Å². The number of likely N-dealkylation sites (N-methyl/N-ethyl adjacent to an activating group) is 1. The number of carbonyl (C=O) groups excluding carboxylic acids is 1. The molecule has 0 heterocycles. The van der Waals surface area contributed by atoms with Crippen LogP contribution < -0.4 is 0 Å². The molecule has 0 saturated carbocycles. The number of hydrogen-bond acceptors (Lipinski definition) is 3. The van der Waals surface area contributed by atoms with Gasteiger partial charge in [-0.25, -0.2) is 4.79 Å². The quantitative estimate of drug-likeness (QED) is 0.640. The smallest absolute Gasteiger partial charge is 0.362 e. The van der Waals surface area contributed by atoms with Crippen molar-refractivity contribution in [1.29, 1.82) is 0 Å². The van der Waals surface area contributed by atoms with Crippen LogP contribution in [-0.4, -0.2) is 47.9 Å². The molecule has 0 aliphatic carbocycles. The van der Waals surface area contributed by atoms with Crippen LogP contribution in [0, 0.1) is 0 Å². The van der Waals surface area contributed by atoms with Gasteiger partial charge in [0.1, 0.15) is 18.7 Å². The summed E-state index contributed by atoms with van der Waals surface area (Å²) in [5, 5.41) is 9.26. The number of ether oxygens (including phenoxy) is 1. The molecular weight excluding hydrogens is 254 g/mol. The van der Waals surface area contributed by atoms with Crippen LogP contribution in [-0.2, 0) is 16.1 Å². The highest BCUT2D eigenvalue weighted by atomic mass is 16.6. The number of nitrogens with zero attached hydrogens (tertiary/aromatic N) is 1. The summed E-state index contributed by atoms with van der Waals surface area (Å²) in [4.78, 5) is 12.0. The van der Waals surface area contributed by atoms with Gasteiger partial charge in [-0.15, -0.1) is 0 Å². The minimum atomic E-state index is -0.478. The lowest BCUT2D eigenvalue weighted by molar-refractivity contribution is -0.916. The Labute approximate surface area is 121 Å². The van der Waals surface area contributed by atoms with E-state index in [-0.39, 0.29) is 19.1 Å². The molecule has 0 aliphatic heterocycles. The Morgan fingerprint density at radius 2 is 1.85 bits per heavy atom. The van der Waals surface area contributed by atoms with E-state index in [0.717, 1.165) is 5.56 Å². The molecular formula is C16H26NO3+. The van der Waals surface area contributed by atoms with E-state index < -0.39 is 5.60 Å². The van der Waals surface area contributed by atoms with E-state index in [1.54, 1.807) is 0 Å². The van der Waals surface area contributed by atoms with Gasteiger partial charge in [0.05, 0.1) is 13.7 Å². The normalized spacial score (nSPS) is 14.7. The monoisotopic (exact) mass is 280 g/mol. The molecule has 0 radical (unpaired) electrons. The van der Waals surface area contributed by atoms with Crippen molar-refractivity contribution < 1.29 is 19.1 Å². The van der Waals surface area contributed by atoms with Gasteiger partial charge in [0.2, 0.25) is 0 Å². The number of rotatable bonds is 6. The Morgan fingerprint density at radius 1 is 1.25 bits per heavy atom. The molecule has 4 heteroatoms. The summed E-state index contributed by atoms with van der Waals surface area (Å²) in [6, 6.07) is 9.98. The first-order valence-corrected chi connectivity index (χ1v) is 6.94. The molecule has 0 bridgehead atoms. The van der Waals surface area contributed by atoms with Gasteiger partial charge in [-0.05, 0) is 20.8 Å². The lowest BCUT2D eigenvalue weighted by atomic mass is 10.2. The fourth-order valence-corrected chi connectivity index (χ4v) is 2.17. The maximum absolute atomic E-state index is 12.0. The summed E-state index contributed by atoms with van der Waals surface area (Å²) in [6.07, 6.45) is 0. The van der Waals surface area contributed by atoms with E-state index in [1.807, 2.05) is 58.2 Å². The zero-order valence-corrected chi connectivity index (χ0v) is 12.9. The highest BCUT2D eigenvalue weighted by Crippen LogP contribution is 2.14. The molecule has 1 aromatic rings. The Bertz CT molecular complexity index is 425. The minimum absolute atomic E-state index is 0.0477. The van der Waals surface area contributed by atoms with Gasteiger partial charge >= 0.3 is 5.97 Å². The van der Waals surface area contributed by atoms with Crippen LogP contribution in [0.1, 0.15) is 26.3 Å². The standard InChI is InChI=1S/C16H26NO3/c1-16(2,3)20-15(19)13-17(4,10-11-18)12-14-8-6-5-7-9-14/h5-9,18H,10-13H2,1-4H3/q+1/t17-/m0/s1. The Morgan fingerprint density at radius 3 is 2.35 bits per heavy atom. The summed E-state index contributed by atoms with van der Waals surface area (Å²) in [5.74, 6) is -0.232. The van der Waals surface area contributed by atoms with Gasteiger partial charge in [-0.2, -0.15) is 0 Å². The summed E-state index contributed by atoms with van der Waals surface area (Å²) < 4.78 is 5.82. The van der Waals surface area contributed by atoms with Crippen LogP contribution in [0.2, 0.25) is 0 Å². The topological polar surface area (TPSA) is 46.5 Å². The second-order valence-electron chi connectivity index (χ2n) is 6.45. The largest absolute Gasteiger partial charge is 0.456 e. The molecule has 0 fully saturated rings. The van der Waals surface area contributed by atoms with Crippen LogP contribution in [0.15, 0.2) is 30.3 Å². The number of hydrogen-bond donors (Lipinski definition) is 1. The number of aliphatic hydroxyl groups excluding tert-OH is 1. The fraction of sp³-hybridized carbons (Fsp3) is 0.562. The van der Waals surface area contributed by atoms with Gasteiger partial charge in [0.15, 0.2) is 6.54 Å². The highest BCUT2D eigenvalue weighted by Gasteiger charge is 2.28. The maximum atomic E-state index is 12.0. The summed E-state index contributed by atoms with van der Waals surface area (Å²) in [7, 11) is 1.97. The molecule has 0 spiro atoms. The third kappa shape index (κ3) is 6.17. The van der Waals surface area contributed by atoms with Crippen molar-refractivity contribution >= 4 is 5.97 Å². The highest BCUT2D eigenvalue weighted by molar-refractivity contribution is 5.71. The van der Waals surface area contributed by atoms with Crippen molar-refractivity contribution in [2.45, 2.75) is 32.9 Å². The van der Waals surface area contributed by atoms with Crippen molar-refractivity contribution in [3.63, 3.8) is 0 Å². The number of quaternary nitrogens is 1. The average Bonchev–Trinajstić information content (AvgIpc) is 2.26. The van der Waals surface area contributed by atoms with Crippen molar-refractivity contribution in [3.05, 3.63) is 35.9 Å². The molecule has 4 nitrogen and oxygen atoms in total. The summed E-state index contributed by atoms with van der Waals surface area (Å²) >= 11 is 0. The van der Waals surface area contributed by atoms with Crippen LogP contribution in [0.5, 0.6) is 0 Å². The molecule has 1 rings (SSSR count). The average molecular weight is 280 g/mol. The molecule has 112 valence electrons. The maximum Gasteiger partial charge on any atom is 0.362 e. The Balaban J connectivity index is 2.73. The van der Waals surface area contributed by atoms with Crippen molar-refractivity contribution in [3.8, 4) is 0 Å². The summed E-state index contributed by atoms with van der Waals surface area (Å²) in [6.45, 7) is 7.10. The van der Waals surface area contributed by atoms with Gasteiger partial charge in [0.25, 0.3) is 0 Å². The minimum Gasteiger partial charge on any atom is -0.456 e. The first-order valence-electron chi connectivity index (χ1n) is 6.94. The summed E-state index contributed by atoms with van der Waals surface area (Å²) in [5.41, 5.74) is 0.667. The molecule has 1 N–H and O–H groups in total. The lowest BCUT2D eigenvalue weighted by Gasteiger charge is -2.34. The van der Waals surface area contributed by atoms with Crippen molar-refractivity contribution in [1.82, 2.24) is 0 Å². The molecule has 1 aromatic carbocycles. The number of aliphatic hydroxyl groups is 1. The second-order valence-corrected chi connectivity index (χ2v) is 6.45. The zero-order valence-electron chi connectivity index (χ0n) is 12.9. The van der Waals surface area contributed by atoms with E-state index in [2.05, 4.69) is 0 Å². The fourth-order valence-electron chi connectivity index (χ4n) is 2.17. The van der Waals surface area contributed by atoms with Gasteiger partial charge in [-0.1, -0.05) is 30.3 Å². The van der Waals surface area contributed by atoms with Gasteiger partial charge in [0, 0.05) is 5.56 Å². The Hall–Kier alpha value is -1.39. The first-order chi connectivity index (χ1) is 9.24. The second kappa shape index (κ2) is 6.86. The number of carbonyl (C=O) groups is 1. The Kier molecular flexibility index (Phi) is 5.72. The van der Waals surface area contributed by atoms with Crippen LogP contribution in [0.4, 0.5) is 0 Å². The molecule has 0 saturated heterocycles. The van der Waals surface area contributed by atoms with Crippen LogP contribution >= 0.6 is 0 Å². The van der Waals surface area contributed by atoms with Gasteiger partial charge < -0.3 is 14.3 Å². The SMILES string of the molecule is CC(C)(C)OC(=O)C[N@@+](C)(CCO)Cc1ccccc1. The third-order valence-corrected chi connectivity index (χ3v) is 2.98. The zero-order chi connectivity index (χ0) is 15.2. The number of esters is 1. The first kappa shape index (κ1) is 16.7. The predicted molar refractivity (Wildman–Crippen MR) is 79.0 cm³/mol. The molecule has 0 amide bonds. The molecule has 0 aliphatic rings. The predicted octanol–water partition coefficient (Wildman–Crippen LogP) is 1.97. The lowest BCUT2D eigenvalue weighted by Crippen LogP contribution is -2.50. The molecule has 20 heavy (non-hydrogen) atoms. The van der Waals surface area contributed by atoms with E-state index in [1.165, 1.54) is 0 Å². The molecule has 0 unspecified atom stereocenters. The van der Waals surface area contributed by atoms with Gasteiger partial charge in [-0.3, -0.25) is 0 Å². The van der Waals surface area contributed by atoms with E-state index in [0.29, 0.717) is 17.6 Å². The molecule has 0 aromatic heterocycles.